The monoisotopic (exact) mass is 351 g/mol. The van der Waals surface area contributed by atoms with Crippen molar-refractivity contribution in [1.82, 2.24) is 5.32 Å². The Balaban J connectivity index is 1.91. The molecule has 0 aliphatic heterocycles. The molecule has 130 valence electrons. The van der Waals surface area contributed by atoms with E-state index in [1.165, 1.54) is 21.2 Å². The Hall–Kier alpha value is -2.13. The number of carbonyl (C=O) groups is 1. The van der Waals surface area contributed by atoms with Crippen molar-refractivity contribution in [2.24, 2.45) is 5.92 Å². The van der Waals surface area contributed by atoms with Gasteiger partial charge in [0.2, 0.25) is 0 Å². The third-order valence-electron chi connectivity index (χ3n) is 4.41. The van der Waals surface area contributed by atoms with Crippen molar-refractivity contribution in [1.29, 1.82) is 0 Å². The van der Waals surface area contributed by atoms with Gasteiger partial charge in [-0.25, -0.2) is 0 Å². The van der Waals surface area contributed by atoms with Gasteiger partial charge in [0.15, 0.2) is 0 Å². The van der Waals surface area contributed by atoms with E-state index in [9.17, 15) is 4.79 Å². The molecule has 2 aromatic carbocycles. The maximum absolute atomic E-state index is 12.8. The van der Waals surface area contributed by atoms with Crippen LogP contribution in [0.1, 0.15) is 46.6 Å². The van der Waals surface area contributed by atoms with Crippen LogP contribution in [-0.4, -0.2) is 12.5 Å². The second-order valence-electron chi connectivity index (χ2n) is 7.01. The van der Waals surface area contributed by atoms with Crippen LogP contribution in [0.3, 0.4) is 0 Å². The van der Waals surface area contributed by atoms with Gasteiger partial charge in [0.05, 0.1) is 4.88 Å². The Morgan fingerprint density at radius 2 is 1.80 bits per heavy atom. The summed E-state index contributed by atoms with van der Waals surface area (Å²) in [5, 5.41) is 4.29. The van der Waals surface area contributed by atoms with Crippen LogP contribution in [-0.2, 0) is 6.42 Å². The Morgan fingerprint density at radius 3 is 2.52 bits per heavy atom. The van der Waals surface area contributed by atoms with Crippen molar-refractivity contribution in [2.45, 2.75) is 33.6 Å². The third-order valence-corrected chi connectivity index (χ3v) is 5.63. The van der Waals surface area contributed by atoms with E-state index < -0.39 is 0 Å². The smallest absolute Gasteiger partial charge is 0.261 e. The molecule has 0 aliphatic rings. The fraction of sp³-hybridized carbons (Fsp3) is 0.318. The minimum atomic E-state index is 0.0592. The first kappa shape index (κ1) is 17.7. The standard InChI is InChI=1S/C22H25NOS/c1-15(2)12-13-23-22(24)21-19(14-17-10-8-16(3)9-11-17)18-6-4-5-7-20(18)25-21/h4-11,15H,12-14H2,1-3H3,(H,23,24). The lowest BCUT2D eigenvalue weighted by molar-refractivity contribution is 0.0955. The van der Waals surface area contributed by atoms with E-state index in [0.717, 1.165) is 29.8 Å². The minimum absolute atomic E-state index is 0.0592. The lowest BCUT2D eigenvalue weighted by Crippen LogP contribution is -2.25. The van der Waals surface area contributed by atoms with E-state index in [0.29, 0.717) is 5.92 Å². The van der Waals surface area contributed by atoms with Crippen molar-refractivity contribution in [3.63, 3.8) is 0 Å². The number of amides is 1. The molecule has 0 unspecified atom stereocenters. The largest absolute Gasteiger partial charge is 0.351 e. The van der Waals surface area contributed by atoms with Gasteiger partial charge in [-0.05, 0) is 48.3 Å². The molecule has 3 rings (SSSR count). The molecular formula is C22H25NOS. The van der Waals surface area contributed by atoms with Gasteiger partial charge >= 0.3 is 0 Å². The van der Waals surface area contributed by atoms with Gasteiger partial charge in [-0.15, -0.1) is 11.3 Å². The van der Waals surface area contributed by atoms with Crippen LogP contribution in [0.2, 0.25) is 0 Å². The highest BCUT2D eigenvalue weighted by atomic mass is 32.1. The highest BCUT2D eigenvalue weighted by Gasteiger charge is 2.18. The van der Waals surface area contributed by atoms with Crippen LogP contribution in [0.15, 0.2) is 48.5 Å². The summed E-state index contributed by atoms with van der Waals surface area (Å²) >= 11 is 1.60. The molecule has 3 heteroatoms. The zero-order valence-corrected chi connectivity index (χ0v) is 16.0. The first-order valence-electron chi connectivity index (χ1n) is 8.88. The summed E-state index contributed by atoms with van der Waals surface area (Å²) < 4.78 is 1.18. The number of carbonyl (C=O) groups excluding carboxylic acids is 1. The molecule has 1 heterocycles. The quantitative estimate of drug-likeness (QED) is 0.617. The highest BCUT2D eigenvalue weighted by molar-refractivity contribution is 7.21. The van der Waals surface area contributed by atoms with E-state index in [2.05, 4.69) is 62.5 Å². The van der Waals surface area contributed by atoms with Crippen LogP contribution in [0.5, 0.6) is 0 Å². The van der Waals surface area contributed by atoms with E-state index in [4.69, 9.17) is 0 Å². The predicted molar refractivity (Wildman–Crippen MR) is 108 cm³/mol. The van der Waals surface area contributed by atoms with Crippen molar-refractivity contribution in [3.05, 3.63) is 70.1 Å². The third kappa shape index (κ3) is 4.29. The summed E-state index contributed by atoms with van der Waals surface area (Å²) in [6.45, 7) is 7.18. The average Bonchev–Trinajstić information content (AvgIpc) is 2.95. The lowest BCUT2D eigenvalue weighted by Gasteiger charge is -2.08. The molecule has 1 amide bonds. The van der Waals surface area contributed by atoms with Crippen LogP contribution >= 0.6 is 11.3 Å². The normalized spacial score (nSPS) is 11.2. The molecule has 0 aliphatic carbocycles. The van der Waals surface area contributed by atoms with E-state index in [1.807, 2.05) is 12.1 Å². The zero-order chi connectivity index (χ0) is 17.8. The van der Waals surface area contributed by atoms with Crippen LogP contribution < -0.4 is 5.32 Å². The second-order valence-corrected chi connectivity index (χ2v) is 8.06. The summed E-state index contributed by atoms with van der Waals surface area (Å²) in [7, 11) is 0. The maximum Gasteiger partial charge on any atom is 0.261 e. The van der Waals surface area contributed by atoms with Crippen LogP contribution in [0, 0.1) is 12.8 Å². The topological polar surface area (TPSA) is 29.1 Å². The summed E-state index contributed by atoms with van der Waals surface area (Å²) in [5.74, 6) is 0.652. The summed E-state index contributed by atoms with van der Waals surface area (Å²) in [5.41, 5.74) is 3.64. The Bertz CT molecular complexity index is 861. The first-order valence-corrected chi connectivity index (χ1v) is 9.70. The Morgan fingerprint density at radius 1 is 1.08 bits per heavy atom. The first-order chi connectivity index (χ1) is 12.0. The highest BCUT2D eigenvalue weighted by Crippen LogP contribution is 2.33. The van der Waals surface area contributed by atoms with Crippen molar-refractivity contribution in [3.8, 4) is 0 Å². The summed E-state index contributed by atoms with van der Waals surface area (Å²) in [6, 6.07) is 16.9. The molecule has 0 saturated heterocycles. The van der Waals surface area contributed by atoms with Gasteiger partial charge in [-0.3, -0.25) is 4.79 Å². The molecule has 1 N–H and O–H groups in total. The van der Waals surface area contributed by atoms with E-state index in [-0.39, 0.29) is 5.91 Å². The molecule has 2 nitrogen and oxygen atoms in total. The van der Waals surface area contributed by atoms with E-state index >= 15 is 0 Å². The zero-order valence-electron chi connectivity index (χ0n) is 15.1. The average molecular weight is 352 g/mol. The fourth-order valence-corrected chi connectivity index (χ4v) is 4.06. The molecule has 0 atom stereocenters. The van der Waals surface area contributed by atoms with Crippen LogP contribution in [0.25, 0.3) is 10.1 Å². The second kappa shape index (κ2) is 7.83. The molecule has 25 heavy (non-hydrogen) atoms. The minimum Gasteiger partial charge on any atom is -0.351 e. The fourth-order valence-electron chi connectivity index (χ4n) is 2.92. The predicted octanol–water partition coefficient (Wildman–Crippen LogP) is 5.58. The number of hydrogen-bond acceptors (Lipinski definition) is 2. The van der Waals surface area contributed by atoms with Gasteiger partial charge in [-0.1, -0.05) is 61.9 Å². The van der Waals surface area contributed by atoms with Gasteiger partial charge in [0, 0.05) is 11.2 Å². The van der Waals surface area contributed by atoms with E-state index in [1.54, 1.807) is 11.3 Å². The molecule has 1 aromatic heterocycles. The van der Waals surface area contributed by atoms with Gasteiger partial charge in [0.1, 0.15) is 0 Å². The number of thiophene rings is 1. The van der Waals surface area contributed by atoms with Crippen molar-refractivity contribution < 1.29 is 4.79 Å². The maximum atomic E-state index is 12.8. The van der Waals surface area contributed by atoms with Gasteiger partial charge < -0.3 is 5.32 Å². The molecule has 0 saturated carbocycles. The molecule has 3 aromatic rings. The molecule has 0 spiro atoms. The number of hydrogen-bond donors (Lipinski definition) is 1. The summed E-state index contributed by atoms with van der Waals surface area (Å²) in [6.07, 6.45) is 1.79. The Labute approximate surface area is 153 Å². The number of fused-ring (bicyclic) bond motifs is 1. The number of nitrogens with one attached hydrogen (secondary N) is 1. The number of rotatable bonds is 6. The number of aryl methyl sites for hydroxylation is 1. The molecule has 0 radical (unpaired) electrons. The van der Waals surface area contributed by atoms with Crippen LogP contribution in [0.4, 0.5) is 0 Å². The molecule has 0 fully saturated rings. The van der Waals surface area contributed by atoms with Gasteiger partial charge in [-0.2, -0.15) is 0 Å². The Kier molecular flexibility index (Phi) is 5.54. The number of benzene rings is 2. The van der Waals surface area contributed by atoms with Crippen molar-refractivity contribution in [2.75, 3.05) is 6.54 Å². The molecule has 0 bridgehead atoms. The van der Waals surface area contributed by atoms with Gasteiger partial charge in [0.25, 0.3) is 5.91 Å². The molecular weight excluding hydrogens is 326 g/mol. The van der Waals surface area contributed by atoms with Crippen molar-refractivity contribution >= 4 is 27.3 Å². The SMILES string of the molecule is Cc1ccc(Cc2c(C(=O)NCCC(C)C)sc3ccccc23)cc1. The summed E-state index contributed by atoms with van der Waals surface area (Å²) in [4.78, 5) is 13.6. The lowest BCUT2D eigenvalue weighted by atomic mass is 10.0.